The highest BCUT2D eigenvalue weighted by atomic mass is 16.5. The normalized spacial score (nSPS) is 30.0. The average Bonchev–Trinajstić information content (AvgIpc) is 2.57. The topological polar surface area (TPSA) is 32.7 Å². The van der Waals surface area contributed by atoms with Gasteiger partial charge in [0.2, 0.25) is 0 Å². The summed E-state index contributed by atoms with van der Waals surface area (Å²) in [6.07, 6.45) is 2.48. The Kier molecular flexibility index (Phi) is 4.56. The fraction of sp³-hybridized carbons (Fsp3) is 1.00. The highest BCUT2D eigenvalue weighted by Gasteiger charge is 2.38. The van der Waals surface area contributed by atoms with Gasteiger partial charge in [0.15, 0.2) is 0 Å². The number of ether oxygens (including phenoxy) is 1. The van der Waals surface area contributed by atoms with Gasteiger partial charge < -0.3 is 9.84 Å². The second-order valence-corrected chi connectivity index (χ2v) is 5.17. The predicted octanol–water partition coefficient (Wildman–Crippen LogP) is 1.50. The molecule has 0 aromatic heterocycles. The predicted molar refractivity (Wildman–Crippen MR) is 61.9 cm³/mol. The van der Waals surface area contributed by atoms with Gasteiger partial charge >= 0.3 is 0 Å². The summed E-state index contributed by atoms with van der Waals surface area (Å²) in [5, 5.41) is 9.52. The number of nitrogens with zero attached hydrogens (tertiary/aromatic N) is 1. The van der Waals surface area contributed by atoms with Crippen LogP contribution in [-0.4, -0.2) is 48.5 Å². The van der Waals surface area contributed by atoms with Crippen molar-refractivity contribution in [1.29, 1.82) is 0 Å². The van der Waals surface area contributed by atoms with E-state index in [1.807, 2.05) is 0 Å². The van der Waals surface area contributed by atoms with Crippen molar-refractivity contribution >= 4 is 0 Å². The minimum Gasteiger partial charge on any atom is -0.394 e. The standard InChI is InChI=1S/C12H25NO2/c1-10(2)11(3)15-9-12(8-14)6-5-7-13(12)4/h10-11,14H,5-9H2,1-4H3. The van der Waals surface area contributed by atoms with Crippen LogP contribution in [0.3, 0.4) is 0 Å². The number of aliphatic hydroxyl groups is 1. The zero-order valence-corrected chi connectivity index (χ0v) is 10.5. The third kappa shape index (κ3) is 2.92. The van der Waals surface area contributed by atoms with Crippen LogP contribution < -0.4 is 0 Å². The molecular weight excluding hydrogens is 190 g/mol. The first-order valence-corrected chi connectivity index (χ1v) is 5.95. The van der Waals surface area contributed by atoms with Crippen molar-refractivity contribution in [3.8, 4) is 0 Å². The van der Waals surface area contributed by atoms with Gasteiger partial charge in [-0.15, -0.1) is 0 Å². The second kappa shape index (κ2) is 5.28. The minimum absolute atomic E-state index is 0.122. The van der Waals surface area contributed by atoms with E-state index in [9.17, 15) is 5.11 Å². The van der Waals surface area contributed by atoms with Crippen LogP contribution in [0.25, 0.3) is 0 Å². The molecule has 3 heteroatoms. The smallest absolute Gasteiger partial charge is 0.0676 e. The molecule has 0 aliphatic carbocycles. The molecule has 0 spiro atoms. The minimum atomic E-state index is -0.122. The molecular formula is C12H25NO2. The number of aliphatic hydroxyl groups excluding tert-OH is 1. The molecule has 2 atom stereocenters. The Morgan fingerprint density at radius 1 is 1.40 bits per heavy atom. The van der Waals surface area contributed by atoms with Crippen LogP contribution in [-0.2, 0) is 4.74 Å². The zero-order chi connectivity index (χ0) is 11.5. The van der Waals surface area contributed by atoms with Gasteiger partial charge in [-0.3, -0.25) is 4.90 Å². The SMILES string of the molecule is CC(C)C(C)OCC1(CO)CCCN1C. The van der Waals surface area contributed by atoms with Crippen molar-refractivity contribution in [2.24, 2.45) is 5.92 Å². The summed E-state index contributed by atoms with van der Waals surface area (Å²) < 4.78 is 5.85. The number of hydrogen-bond donors (Lipinski definition) is 1. The first-order chi connectivity index (χ1) is 7.02. The molecule has 2 unspecified atom stereocenters. The summed E-state index contributed by atoms with van der Waals surface area (Å²) in [5.74, 6) is 0.535. The highest BCUT2D eigenvalue weighted by molar-refractivity contribution is 4.94. The van der Waals surface area contributed by atoms with Crippen molar-refractivity contribution in [3.05, 3.63) is 0 Å². The van der Waals surface area contributed by atoms with Crippen LogP contribution in [0.5, 0.6) is 0 Å². The van der Waals surface area contributed by atoms with E-state index in [1.54, 1.807) is 0 Å². The van der Waals surface area contributed by atoms with Gasteiger partial charge in [-0.1, -0.05) is 13.8 Å². The first-order valence-electron chi connectivity index (χ1n) is 5.95. The molecule has 0 radical (unpaired) electrons. The molecule has 0 aromatic carbocycles. The summed E-state index contributed by atoms with van der Waals surface area (Å²) in [4.78, 5) is 2.24. The van der Waals surface area contributed by atoms with Gasteiger partial charge in [-0.05, 0) is 39.3 Å². The third-order valence-corrected chi connectivity index (χ3v) is 3.79. The molecule has 90 valence electrons. The quantitative estimate of drug-likeness (QED) is 0.754. The maximum atomic E-state index is 9.52. The van der Waals surface area contributed by atoms with Gasteiger partial charge in [-0.25, -0.2) is 0 Å². The van der Waals surface area contributed by atoms with Crippen LogP contribution in [0.1, 0.15) is 33.6 Å². The first kappa shape index (κ1) is 12.9. The van der Waals surface area contributed by atoms with E-state index in [2.05, 4.69) is 32.7 Å². The van der Waals surface area contributed by atoms with E-state index in [1.165, 1.54) is 0 Å². The maximum absolute atomic E-state index is 9.52. The van der Waals surface area contributed by atoms with Crippen molar-refractivity contribution in [1.82, 2.24) is 4.90 Å². The van der Waals surface area contributed by atoms with Gasteiger partial charge in [0, 0.05) is 0 Å². The monoisotopic (exact) mass is 215 g/mol. The largest absolute Gasteiger partial charge is 0.394 e. The molecule has 1 rings (SSSR count). The summed E-state index contributed by atoms with van der Waals surface area (Å²) >= 11 is 0. The molecule has 0 aromatic rings. The lowest BCUT2D eigenvalue weighted by Gasteiger charge is -2.35. The third-order valence-electron chi connectivity index (χ3n) is 3.79. The number of hydrogen-bond acceptors (Lipinski definition) is 3. The zero-order valence-electron chi connectivity index (χ0n) is 10.5. The lowest BCUT2D eigenvalue weighted by molar-refractivity contribution is -0.0485. The fourth-order valence-electron chi connectivity index (χ4n) is 1.98. The van der Waals surface area contributed by atoms with Gasteiger partial charge in [-0.2, -0.15) is 0 Å². The van der Waals surface area contributed by atoms with E-state index in [4.69, 9.17) is 4.74 Å². The van der Waals surface area contributed by atoms with Crippen LogP contribution in [0, 0.1) is 5.92 Å². The Morgan fingerprint density at radius 3 is 2.47 bits per heavy atom. The molecule has 1 aliphatic heterocycles. The number of likely N-dealkylation sites (N-methyl/N-ethyl adjacent to an activating group) is 1. The summed E-state index contributed by atoms with van der Waals surface area (Å²) in [6.45, 7) is 8.35. The molecule has 0 bridgehead atoms. The molecule has 1 saturated heterocycles. The molecule has 15 heavy (non-hydrogen) atoms. The van der Waals surface area contributed by atoms with Crippen LogP contribution in [0.15, 0.2) is 0 Å². The van der Waals surface area contributed by atoms with Crippen molar-refractivity contribution < 1.29 is 9.84 Å². The molecule has 1 N–H and O–H groups in total. The van der Waals surface area contributed by atoms with E-state index >= 15 is 0 Å². The summed E-state index contributed by atoms with van der Waals surface area (Å²) in [6, 6.07) is 0. The maximum Gasteiger partial charge on any atom is 0.0676 e. The Morgan fingerprint density at radius 2 is 2.07 bits per heavy atom. The van der Waals surface area contributed by atoms with Crippen molar-refractivity contribution in [3.63, 3.8) is 0 Å². The molecule has 0 saturated carbocycles. The van der Waals surface area contributed by atoms with E-state index in [-0.39, 0.29) is 18.2 Å². The van der Waals surface area contributed by atoms with Crippen molar-refractivity contribution in [2.75, 3.05) is 26.8 Å². The van der Waals surface area contributed by atoms with Gasteiger partial charge in [0.1, 0.15) is 0 Å². The molecule has 1 heterocycles. The Labute approximate surface area is 93.4 Å². The highest BCUT2D eigenvalue weighted by Crippen LogP contribution is 2.28. The van der Waals surface area contributed by atoms with Gasteiger partial charge in [0.25, 0.3) is 0 Å². The van der Waals surface area contributed by atoms with Crippen molar-refractivity contribution in [2.45, 2.75) is 45.3 Å². The lowest BCUT2D eigenvalue weighted by Crippen LogP contribution is -2.49. The van der Waals surface area contributed by atoms with Crippen LogP contribution >= 0.6 is 0 Å². The van der Waals surface area contributed by atoms with E-state index < -0.39 is 0 Å². The van der Waals surface area contributed by atoms with E-state index in [0.717, 1.165) is 19.4 Å². The Hall–Kier alpha value is -0.120. The fourth-order valence-corrected chi connectivity index (χ4v) is 1.98. The van der Waals surface area contributed by atoms with Gasteiger partial charge in [0.05, 0.1) is 24.9 Å². The molecule has 1 fully saturated rings. The Bertz CT molecular complexity index is 196. The summed E-state index contributed by atoms with van der Waals surface area (Å²) in [7, 11) is 2.08. The second-order valence-electron chi connectivity index (χ2n) is 5.17. The van der Waals surface area contributed by atoms with Crippen LogP contribution in [0.4, 0.5) is 0 Å². The molecule has 0 amide bonds. The van der Waals surface area contributed by atoms with E-state index in [0.29, 0.717) is 12.5 Å². The number of likely N-dealkylation sites (tertiary alicyclic amines) is 1. The Balaban J connectivity index is 2.47. The molecule has 3 nitrogen and oxygen atoms in total. The molecule has 1 aliphatic rings. The summed E-state index contributed by atoms with van der Waals surface area (Å²) in [5.41, 5.74) is -0.122. The van der Waals surface area contributed by atoms with Crippen LogP contribution in [0.2, 0.25) is 0 Å². The number of rotatable bonds is 5. The lowest BCUT2D eigenvalue weighted by atomic mass is 9.98. The average molecular weight is 215 g/mol.